The van der Waals surface area contributed by atoms with Gasteiger partial charge in [-0.05, 0) is 56.8 Å². The standard InChI is InChI=1S/C18H30N2/c1-4-15(3)20(5-2)14-17-9-7-6-8-16(17)12-13-19-18-10-11-18/h6-9,15,18-19H,4-5,10-14H2,1-3H3. The van der Waals surface area contributed by atoms with Crippen LogP contribution in [-0.4, -0.2) is 30.1 Å². The summed E-state index contributed by atoms with van der Waals surface area (Å²) in [7, 11) is 0. The lowest BCUT2D eigenvalue weighted by molar-refractivity contribution is 0.205. The van der Waals surface area contributed by atoms with Crippen LogP contribution in [0.15, 0.2) is 24.3 Å². The second-order valence-electron chi connectivity index (χ2n) is 6.07. The number of nitrogens with zero attached hydrogens (tertiary/aromatic N) is 1. The largest absolute Gasteiger partial charge is 0.314 e. The SMILES string of the molecule is CCC(C)N(CC)Cc1ccccc1CCNC1CC1. The highest BCUT2D eigenvalue weighted by Crippen LogP contribution is 2.19. The zero-order valence-corrected chi connectivity index (χ0v) is 13.4. The van der Waals surface area contributed by atoms with E-state index in [2.05, 4.69) is 55.3 Å². The van der Waals surface area contributed by atoms with Gasteiger partial charge in [0.15, 0.2) is 0 Å². The molecule has 0 aromatic heterocycles. The molecular weight excluding hydrogens is 244 g/mol. The summed E-state index contributed by atoms with van der Waals surface area (Å²) in [4.78, 5) is 2.58. The maximum atomic E-state index is 3.62. The Kier molecular flexibility index (Phi) is 6.06. The van der Waals surface area contributed by atoms with E-state index in [1.807, 2.05) is 0 Å². The molecule has 1 aliphatic rings. The number of benzene rings is 1. The van der Waals surface area contributed by atoms with Crippen LogP contribution in [0.2, 0.25) is 0 Å². The van der Waals surface area contributed by atoms with Crippen LogP contribution in [0.3, 0.4) is 0 Å². The number of hydrogen-bond donors (Lipinski definition) is 1. The fourth-order valence-electron chi connectivity index (χ4n) is 2.71. The first kappa shape index (κ1) is 15.5. The van der Waals surface area contributed by atoms with Crippen LogP contribution >= 0.6 is 0 Å². The van der Waals surface area contributed by atoms with Gasteiger partial charge >= 0.3 is 0 Å². The van der Waals surface area contributed by atoms with Gasteiger partial charge in [0.05, 0.1) is 0 Å². The molecule has 0 saturated heterocycles. The molecule has 0 spiro atoms. The maximum Gasteiger partial charge on any atom is 0.0239 e. The third-order valence-electron chi connectivity index (χ3n) is 4.52. The predicted molar refractivity (Wildman–Crippen MR) is 87.0 cm³/mol. The minimum absolute atomic E-state index is 0.664. The Morgan fingerprint density at radius 3 is 2.50 bits per heavy atom. The zero-order valence-electron chi connectivity index (χ0n) is 13.4. The van der Waals surface area contributed by atoms with Crippen LogP contribution < -0.4 is 5.32 Å². The highest BCUT2D eigenvalue weighted by atomic mass is 15.1. The van der Waals surface area contributed by atoms with Gasteiger partial charge in [0.2, 0.25) is 0 Å². The van der Waals surface area contributed by atoms with Gasteiger partial charge in [-0.2, -0.15) is 0 Å². The summed E-state index contributed by atoms with van der Waals surface area (Å²) in [5, 5.41) is 3.62. The van der Waals surface area contributed by atoms with E-state index in [-0.39, 0.29) is 0 Å². The topological polar surface area (TPSA) is 15.3 Å². The summed E-state index contributed by atoms with van der Waals surface area (Å²) in [5.41, 5.74) is 3.02. The van der Waals surface area contributed by atoms with Crippen LogP contribution in [0.1, 0.15) is 51.2 Å². The first-order valence-corrected chi connectivity index (χ1v) is 8.28. The van der Waals surface area contributed by atoms with Crippen LogP contribution in [0.25, 0.3) is 0 Å². The highest BCUT2D eigenvalue weighted by molar-refractivity contribution is 5.27. The van der Waals surface area contributed by atoms with Crippen molar-refractivity contribution in [1.82, 2.24) is 10.2 Å². The van der Waals surface area contributed by atoms with E-state index < -0.39 is 0 Å². The molecule has 0 bridgehead atoms. The van der Waals surface area contributed by atoms with Crippen molar-refractivity contribution in [1.29, 1.82) is 0 Å². The molecule has 112 valence electrons. The van der Waals surface area contributed by atoms with Crippen molar-refractivity contribution >= 4 is 0 Å². The summed E-state index contributed by atoms with van der Waals surface area (Å²) >= 11 is 0. The summed E-state index contributed by atoms with van der Waals surface area (Å²) < 4.78 is 0. The summed E-state index contributed by atoms with van der Waals surface area (Å²) in [6.07, 6.45) is 5.13. The second-order valence-corrected chi connectivity index (χ2v) is 6.07. The van der Waals surface area contributed by atoms with E-state index in [9.17, 15) is 0 Å². The lowest BCUT2D eigenvalue weighted by atomic mass is 10.0. The fraction of sp³-hybridized carbons (Fsp3) is 0.667. The number of hydrogen-bond acceptors (Lipinski definition) is 2. The van der Waals surface area contributed by atoms with Crippen molar-refractivity contribution in [3.8, 4) is 0 Å². The fourth-order valence-corrected chi connectivity index (χ4v) is 2.71. The van der Waals surface area contributed by atoms with Crippen molar-refractivity contribution in [2.75, 3.05) is 13.1 Å². The lowest BCUT2D eigenvalue weighted by Gasteiger charge is -2.28. The van der Waals surface area contributed by atoms with E-state index in [0.29, 0.717) is 6.04 Å². The molecule has 0 aliphatic heterocycles. The molecule has 2 nitrogen and oxygen atoms in total. The normalized spacial score (nSPS) is 16.6. The van der Waals surface area contributed by atoms with Gasteiger partial charge in [-0.3, -0.25) is 4.90 Å². The van der Waals surface area contributed by atoms with Crippen molar-refractivity contribution in [2.24, 2.45) is 0 Å². The Hall–Kier alpha value is -0.860. The Bertz CT molecular complexity index is 398. The molecule has 1 atom stereocenters. The van der Waals surface area contributed by atoms with E-state index in [1.165, 1.54) is 30.4 Å². The molecule has 20 heavy (non-hydrogen) atoms. The average Bonchev–Trinajstić information content (AvgIpc) is 3.29. The summed E-state index contributed by atoms with van der Waals surface area (Å²) in [6, 6.07) is 10.4. The smallest absolute Gasteiger partial charge is 0.0239 e. The van der Waals surface area contributed by atoms with Crippen molar-refractivity contribution < 1.29 is 0 Å². The second kappa shape index (κ2) is 7.80. The first-order valence-electron chi connectivity index (χ1n) is 8.28. The molecule has 1 unspecified atom stereocenters. The van der Waals surface area contributed by atoms with Gasteiger partial charge in [-0.1, -0.05) is 38.1 Å². The van der Waals surface area contributed by atoms with Crippen LogP contribution in [0.4, 0.5) is 0 Å². The van der Waals surface area contributed by atoms with Gasteiger partial charge in [0.25, 0.3) is 0 Å². The Labute approximate surface area is 124 Å². The van der Waals surface area contributed by atoms with Gasteiger partial charge < -0.3 is 5.32 Å². The molecule has 1 N–H and O–H groups in total. The van der Waals surface area contributed by atoms with Crippen LogP contribution in [-0.2, 0) is 13.0 Å². The van der Waals surface area contributed by atoms with Crippen molar-refractivity contribution in [3.05, 3.63) is 35.4 Å². The summed E-state index contributed by atoms with van der Waals surface area (Å²) in [6.45, 7) is 10.2. The third-order valence-corrected chi connectivity index (χ3v) is 4.52. The monoisotopic (exact) mass is 274 g/mol. The minimum Gasteiger partial charge on any atom is -0.314 e. The minimum atomic E-state index is 0.664. The average molecular weight is 274 g/mol. The zero-order chi connectivity index (χ0) is 14.4. The van der Waals surface area contributed by atoms with Gasteiger partial charge in [-0.15, -0.1) is 0 Å². The molecular formula is C18H30N2. The molecule has 1 aromatic carbocycles. The van der Waals surface area contributed by atoms with E-state index in [4.69, 9.17) is 0 Å². The molecule has 0 radical (unpaired) electrons. The summed E-state index contributed by atoms with van der Waals surface area (Å²) in [5.74, 6) is 0. The Morgan fingerprint density at radius 2 is 1.90 bits per heavy atom. The molecule has 0 heterocycles. The molecule has 0 amide bonds. The third kappa shape index (κ3) is 4.60. The molecule has 1 aliphatic carbocycles. The Morgan fingerprint density at radius 1 is 1.20 bits per heavy atom. The van der Waals surface area contributed by atoms with Crippen LogP contribution in [0.5, 0.6) is 0 Å². The quantitative estimate of drug-likeness (QED) is 0.740. The molecule has 1 aromatic rings. The Balaban J connectivity index is 1.94. The van der Waals surface area contributed by atoms with Gasteiger partial charge in [-0.25, -0.2) is 0 Å². The predicted octanol–water partition coefficient (Wildman–Crippen LogP) is 3.60. The van der Waals surface area contributed by atoms with Gasteiger partial charge in [0.1, 0.15) is 0 Å². The number of rotatable bonds is 9. The maximum absolute atomic E-state index is 3.62. The first-order chi connectivity index (χ1) is 9.74. The van der Waals surface area contributed by atoms with Crippen LogP contribution in [0, 0.1) is 0 Å². The molecule has 2 rings (SSSR count). The highest BCUT2D eigenvalue weighted by Gasteiger charge is 2.20. The molecule has 2 heteroatoms. The van der Waals surface area contributed by atoms with E-state index in [0.717, 1.165) is 32.1 Å². The number of nitrogens with one attached hydrogen (secondary N) is 1. The van der Waals surface area contributed by atoms with E-state index >= 15 is 0 Å². The van der Waals surface area contributed by atoms with E-state index in [1.54, 1.807) is 0 Å². The van der Waals surface area contributed by atoms with Crippen molar-refractivity contribution in [2.45, 2.75) is 65.1 Å². The molecule has 1 fully saturated rings. The van der Waals surface area contributed by atoms with Crippen molar-refractivity contribution in [3.63, 3.8) is 0 Å². The van der Waals surface area contributed by atoms with Gasteiger partial charge in [0, 0.05) is 18.6 Å². The molecule has 1 saturated carbocycles. The lowest BCUT2D eigenvalue weighted by Crippen LogP contribution is -2.32.